The Morgan fingerprint density at radius 2 is 1.81 bits per heavy atom. The summed E-state index contributed by atoms with van der Waals surface area (Å²) in [6.45, 7) is 8.66. The third-order valence-electron chi connectivity index (χ3n) is 5.42. The van der Waals surface area contributed by atoms with Gasteiger partial charge in [-0.3, -0.25) is 9.52 Å². The molecule has 1 heterocycles. The number of sulfonamides is 1. The molecule has 0 radical (unpaired) electrons. The van der Waals surface area contributed by atoms with Gasteiger partial charge in [0.05, 0.1) is 11.5 Å². The molecule has 1 amide bonds. The number of benzene rings is 2. The second-order valence-corrected chi connectivity index (χ2v) is 9.65. The number of hydrogen-bond donors (Lipinski definition) is 2. The fourth-order valence-electron chi connectivity index (χ4n) is 3.65. The molecule has 0 bridgehead atoms. The lowest BCUT2D eigenvalue weighted by molar-refractivity contribution is 0.0900. The highest BCUT2D eigenvalue weighted by Gasteiger charge is 2.23. The van der Waals surface area contributed by atoms with E-state index < -0.39 is 10.0 Å². The molecule has 2 aromatic carbocycles. The third kappa shape index (κ3) is 6.21. The molecule has 0 unspecified atom stereocenters. The van der Waals surface area contributed by atoms with Crippen LogP contribution in [0.5, 0.6) is 5.75 Å². The molecule has 8 heteroatoms. The highest BCUT2D eigenvalue weighted by molar-refractivity contribution is 7.92. The van der Waals surface area contributed by atoms with Crippen LogP contribution in [-0.2, 0) is 10.0 Å². The maximum absolute atomic E-state index is 12.7. The van der Waals surface area contributed by atoms with Crippen molar-refractivity contribution in [3.8, 4) is 5.75 Å². The third-order valence-corrected chi connectivity index (χ3v) is 6.81. The first-order valence-corrected chi connectivity index (χ1v) is 12.2. The molecule has 1 fully saturated rings. The van der Waals surface area contributed by atoms with E-state index in [1.165, 1.54) is 12.1 Å². The smallest absolute Gasteiger partial charge is 0.261 e. The minimum Gasteiger partial charge on any atom is -0.494 e. The van der Waals surface area contributed by atoms with Gasteiger partial charge in [-0.1, -0.05) is 6.07 Å². The molecule has 0 aromatic heterocycles. The number of nitrogens with zero attached hydrogens (tertiary/aromatic N) is 1. The molecule has 3 rings (SSSR count). The lowest BCUT2D eigenvalue weighted by Gasteiger charge is -2.34. The molecule has 1 saturated heterocycles. The summed E-state index contributed by atoms with van der Waals surface area (Å²) in [5.41, 5.74) is 0.773. The van der Waals surface area contributed by atoms with Gasteiger partial charge in [0.15, 0.2) is 0 Å². The fraction of sp³-hybridized carbons (Fsp3) is 0.435. The van der Waals surface area contributed by atoms with Crippen molar-refractivity contribution in [3.63, 3.8) is 0 Å². The van der Waals surface area contributed by atoms with Crippen LogP contribution in [0.3, 0.4) is 0 Å². The number of anilines is 1. The lowest BCUT2D eigenvalue weighted by atomic mass is 10.0. The minimum atomic E-state index is -3.77. The second kappa shape index (κ2) is 10.2. The van der Waals surface area contributed by atoms with Crippen LogP contribution >= 0.6 is 0 Å². The van der Waals surface area contributed by atoms with Gasteiger partial charge >= 0.3 is 0 Å². The number of rotatable bonds is 8. The molecule has 0 atom stereocenters. The van der Waals surface area contributed by atoms with Crippen LogP contribution in [0.2, 0.25) is 0 Å². The molecule has 31 heavy (non-hydrogen) atoms. The van der Waals surface area contributed by atoms with E-state index in [4.69, 9.17) is 4.74 Å². The van der Waals surface area contributed by atoms with Gasteiger partial charge < -0.3 is 15.0 Å². The summed E-state index contributed by atoms with van der Waals surface area (Å²) in [5.74, 6) is 0.421. The molecule has 7 nitrogen and oxygen atoms in total. The van der Waals surface area contributed by atoms with Crippen molar-refractivity contribution in [2.75, 3.05) is 24.4 Å². The second-order valence-electron chi connectivity index (χ2n) is 7.97. The van der Waals surface area contributed by atoms with Crippen molar-refractivity contribution in [2.24, 2.45) is 0 Å². The predicted molar refractivity (Wildman–Crippen MR) is 122 cm³/mol. The van der Waals surface area contributed by atoms with Crippen molar-refractivity contribution < 1.29 is 17.9 Å². The Hall–Kier alpha value is -2.58. The zero-order valence-corrected chi connectivity index (χ0v) is 19.1. The Morgan fingerprint density at radius 3 is 2.42 bits per heavy atom. The van der Waals surface area contributed by atoms with Crippen molar-refractivity contribution >= 4 is 21.6 Å². The van der Waals surface area contributed by atoms with Gasteiger partial charge in [-0.2, -0.15) is 0 Å². The van der Waals surface area contributed by atoms with Gasteiger partial charge in [0.25, 0.3) is 15.9 Å². The van der Waals surface area contributed by atoms with Gasteiger partial charge in [-0.05, 0) is 76.1 Å². The minimum absolute atomic E-state index is 0.128. The van der Waals surface area contributed by atoms with Gasteiger partial charge in [0.2, 0.25) is 0 Å². The molecular formula is C23H31N3O4S. The number of nitrogens with one attached hydrogen (secondary N) is 2. The van der Waals surface area contributed by atoms with Crippen LogP contribution in [0.1, 0.15) is 44.0 Å². The SMILES string of the molecule is CCOc1ccc(S(=O)(=O)Nc2cccc(C(=O)NC3CCN(C(C)C)CC3)c2)cc1. The Bertz CT molecular complexity index is 982. The van der Waals surface area contributed by atoms with Crippen LogP contribution < -0.4 is 14.8 Å². The maximum atomic E-state index is 12.7. The molecule has 0 spiro atoms. The molecule has 2 N–H and O–H groups in total. The van der Waals surface area contributed by atoms with E-state index >= 15 is 0 Å². The average Bonchev–Trinajstić information content (AvgIpc) is 2.74. The average molecular weight is 446 g/mol. The fourth-order valence-corrected chi connectivity index (χ4v) is 4.70. The normalized spacial score (nSPS) is 15.6. The topological polar surface area (TPSA) is 87.7 Å². The number of likely N-dealkylation sites (tertiary alicyclic amines) is 1. The molecule has 1 aliphatic heterocycles. The first kappa shape index (κ1) is 23.1. The summed E-state index contributed by atoms with van der Waals surface area (Å²) >= 11 is 0. The number of hydrogen-bond acceptors (Lipinski definition) is 5. The van der Waals surface area contributed by atoms with Crippen LogP contribution in [0.15, 0.2) is 53.4 Å². The van der Waals surface area contributed by atoms with E-state index in [0.717, 1.165) is 25.9 Å². The number of carbonyl (C=O) groups excluding carboxylic acids is 1. The van der Waals surface area contributed by atoms with E-state index in [-0.39, 0.29) is 16.8 Å². The Morgan fingerprint density at radius 1 is 1.13 bits per heavy atom. The first-order valence-electron chi connectivity index (χ1n) is 10.7. The summed E-state index contributed by atoms with van der Waals surface area (Å²) in [7, 11) is -3.77. The highest BCUT2D eigenvalue weighted by Crippen LogP contribution is 2.20. The van der Waals surface area contributed by atoms with Crippen LogP contribution in [0.4, 0.5) is 5.69 Å². The highest BCUT2D eigenvalue weighted by atomic mass is 32.2. The monoisotopic (exact) mass is 445 g/mol. The van der Waals surface area contributed by atoms with E-state index in [0.29, 0.717) is 29.6 Å². The van der Waals surface area contributed by atoms with E-state index in [1.807, 2.05) is 6.92 Å². The zero-order chi connectivity index (χ0) is 22.4. The summed E-state index contributed by atoms with van der Waals surface area (Å²) < 4.78 is 33.3. The van der Waals surface area contributed by atoms with Gasteiger partial charge in [0, 0.05) is 36.4 Å². The molecule has 0 saturated carbocycles. The van der Waals surface area contributed by atoms with E-state index in [2.05, 4.69) is 28.8 Å². The summed E-state index contributed by atoms with van der Waals surface area (Å²) in [5, 5.41) is 3.08. The maximum Gasteiger partial charge on any atom is 0.261 e. The summed E-state index contributed by atoms with van der Waals surface area (Å²) in [6, 6.07) is 13.4. The molecule has 168 valence electrons. The Balaban J connectivity index is 1.63. The number of amides is 1. The van der Waals surface area contributed by atoms with Gasteiger partial charge in [-0.25, -0.2) is 8.42 Å². The van der Waals surface area contributed by atoms with E-state index in [9.17, 15) is 13.2 Å². The summed E-state index contributed by atoms with van der Waals surface area (Å²) in [4.78, 5) is 15.2. The molecular weight excluding hydrogens is 414 g/mol. The lowest BCUT2D eigenvalue weighted by Crippen LogP contribution is -2.46. The standard InChI is InChI=1S/C23H31N3O4S/c1-4-30-21-8-10-22(11-9-21)31(28,29)25-20-7-5-6-18(16-20)23(27)24-19-12-14-26(15-13-19)17(2)3/h5-11,16-17,19,25H,4,12-15H2,1-3H3,(H,24,27). The summed E-state index contributed by atoms with van der Waals surface area (Å²) in [6.07, 6.45) is 1.82. The largest absolute Gasteiger partial charge is 0.494 e. The number of piperidine rings is 1. The molecule has 2 aromatic rings. The van der Waals surface area contributed by atoms with Crippen molar-refractivity contribution in [1.29, 1.82) is 0 Å². The predicted octanol–water partition coefficient (Wildman–Crippen LogP) is 3.49. The van der Waals surface area contributed by atoms with Crippen molar-refractivity contribution in [2.45, 2.75) is 50.6 Å². The van der Waals surface area contributed by atoms with E-state index in [1.54, 1.807) is 36.4 Å². The van der Waals surface area contributed by atoms with Crippen molar-refractivity contribution in [1.82, 2.24) is 10.2 Å². The van der Waals surface area contributed by atoms with Crippen molar-refractivity contribution in [3.05, 3.63) is 54.1 Å². The van der Waals surface area contributed by atoms with Crippen LogP contribution in [0, 0.1) is 0 Å². The van der Waals surface area contributed by atoms with Gasteiger partial charge in [0.1, 0.15) is 5.75 Å². The van der Waals surface area contributed by atoms with Crippen LogP contribution in [0.25, 0.3) is 0 Å². The Labute approximate surface area is 184 Å². The first-order chi connectivity index (χ1) is 14.8. The zero-order valence-electron chi connectivity index (χ0n) is 18.3. The molecule has 0 aliphatic carbocycles. The number of ether oxygens (including phenoxy) is 1. The Kier molecular flexibility index (Phi) is 7.56. The number of carbonyl (C=O) groups is 1. The van der Waals surface area contributed by atoms with Crippen LogP contribution in [-0.4, -0.2) is 51.0 Å². The van der Waals surface area contributed by atoms with Gasteiger partial charge in [-0.15, -0.1) is 0 Å². The quantitative estimate of drug-likeness (QED) is 0.649. The molecule has 1 aliphatic rings.